The fourth-order valence-corrected chi connectivity index (χ4v) is 5.06. The van der Waals surface area contributed by atoms with Crippen LogP contribution in [0.3, 0.4) is 0 Å². The van der Waals surface area contributed by atoms with Crippen LogP contribution in [0.2, 0.25) is 0 Å². The molecule has 170 valence electrons. The monoisotopic (exact) mass is 435 g/mol. The molecule has 1 aliphatic carbocycles. The summed E-state index contributed by atoms with van der Waals surface area (Å²) in [5.74, 6) is 1.72. The quantitative estimate of drug-likeness (QED) is 0.676. The Morgan fingerprint density at radius 2 is 1.67 bits per heavy atom. The molecule has 0 unspecified atom stereocenters. The van der Waals surface area contributed by atoms with Gasteiger partial charge in [-0.25, -0.2) is 0 Å². The summed E-state index contributed by atoms with van der Waals surface area (Å²) in [5, 5.41) is 2.99. The van der Waals surface area contributed by atoms with Crippen molar-refractivity contribution < 1.29 is 4.79 Å². The molecule has 1 aromatic rings. The fraction of sp³-hybridized carbons (Fsp3) is 0.720. The molecule has 0 atom stereocenters. The van der Waals surface area contributed by atoms with Crippen molar-refractivity contribution in [2.75, 3.05) is 44.2 Å². The van der Waals surface area contributed by atoms with Crippen molar-refractivity contribution in [1.82, 2.24) is 10.2 Å². The van der Waals surface area contributed by atoms with Crippen molar-refractivity contribution in [3.05, 3.63) is 29.8 Å². The maximum absolute atomic E-state index is 12.0. The van der Waals surface area contributed by atoms with Crippen LogP contribution in [0.5, 0.6) is 0 Å². The van der Waals surface area contributed by atoms with E-state index in [1.807, 2.05) is 0 Å². The summed E-state index contributed by atoms with van der Waals surface area (Å²) in [6, 6.07) is 9.07. The predicted octanol–water partition coefficient (Wildman–Crippen LogP) is 5.08. The molecule has 2 fully saturated rings. The van der Waals surface area contributed by atoms with Crippen LogP contribution >= 0.6 is 12.4 Å². The lowest BCUT2D eigenvalue weighted by molar-refractivity contribution is -0.122. The molecule has 1 aliphatic heterocycles. The summed E-state index contributed by atoms with van der Waals surface area (Å²) in [6.45, 7) is 14.5. The number of amides is 1. The van der Waals surface area contributed by atoms with Gasteiger partial charge in [0.15, 0.2) is 0 Å². The van der Waals surface area contributed by atoms with Crippen LogP contribution in [0.25, 0.3) is 0 Å². The second-order valence-electron chi connectivity index (χ2n) is 10.1. The number of nitrogens with zero attached hydrogens (tertiary/aromatic N) is 2. The highest BCUT2D eigenvalue weighted by atomic mass is 35.5. The third-order valence-corrected chi connectivity index (χ3v) is 6.98. The molecule has 1 aromatic carbocycles. The first-order chi connectivity index (χ1) is 13.9. The second kappa shape index (κ2) is 11.4. The highest BCUT2D eigenvalue weighted by Gasteiger charge is 2.31. The van der Waals surface area contributed by atoms with Gasteiger partial charge < -0.3 is 10.2 Å². The molecule has 0 aromatic heterocycles. The third kappa shape index (κ3) is 6.62. The summed E-state index contributed by atoms with van der Waals surface area (Å²) in [6.07, 6.45) is 6.33. The number of hydrogen-bond donors (Lipinski definition) is 1. The molecule has 5 heteroatoms. The Morgan fingerprint density at radius 3 is 2.27 bits per heavy atom. The second-order valence-corrected chi connectivity index (χ2v) is 10.1. The smallest absolute Gasteiger partial charge is 0.234 e. The summed E-state index contributed by atoms with van der Waals surface area (Å²) >= 11 is 0. The van der Waals surface area contributed by atoms with E-state index in [-0.39, 0.29) is 18.3 Å². The van der Waals surface area contributed by atoms with E-state index in [1.54, 1.807) is 5.56 Å². The zero-order valence-corrected chi connectivity index (χ0v) is 20.3. The Bertz CT molecular complexity index is 657. The first-order valence-corrected chi connectivity index (χ1v) is 11.7. The minimum atomic E-state index is 0. The Balaban J connectivity index is 0.00000320. The van der Waals surface area contributed by atoms with Gasteiger partial charge in [0.2, 0.25) is 5.91 Å². The Hall–Kier alpha value is -1.26. The molecule has 30 heavy (non-hydrogen) atoms. The number of rotatable bonds is 6. The highest BCUT2D eigenvalue weighted by Crippen LogP contribution is 2.45. The minimum absolute atomic E-state index is 0. The topological polar surface area (TPSA) is 35.6 Å². The fourth-order valence-electron chi connectivity index (χ4n) is 5.06. The van der Waals surface area contributed by atoms with E-state index in [0.29, 0.717) is 17.9 Å². The van der Waals surface area contributed by atoms with Gasteiger partial charge >= 0.3 is 0 Å². The molecule has 0 spiro atoms. The largest absolute Gasteiger partial charge is 0.369 e. The number of halogens is 1. The van der Waals surface area contributed by atoms with E-state index < -0.39 is 0 Å². The molecular weight excluding hydrogens is 394 g/mol. The lowest BCUT2D eigenvalue weighted by atomic mass is 9.68. The van der Waals surface area contributed by atoms with Crippen LogP contribution in [0.15, 0.2) is 24.3 Å². The number of carbonyl (C=O) groups excluding carboxylic acids is 1. The van der Waals surface area contributed by atoms with Gasteiger partial charge in [-0.3, -0.25) is 9.69 Å². The van der Waals surface area contributed by atoms with E-state index in [9.17, 15) is 4.79 Å². The highest BCUT2D eigenvalue weighted by molar-refractivity contribution is 5.85. The number of carbonyl (C=O) groups is 1. The van der Waals surface area contributed by atoms with Crippen molar-refractivity contribution in [2.45, 2.75) is 65.7 Å². The van der Waals surface area contributed by atoms with Gasteiger partial charge in [0.25, 0.3) is 0 Å². The Kier molecular flexibility index (Phi) is 9.49. The molecule has 0 bridgehead atoms. The van der Waals surface area contributed by atoms with Crippen LogP contribution in [0.1, 0.15) is 71.3 Å². The molecule has 1 saturated carbocycles. The summed E-state index contributed by atoms with van der Waals surface area (Å²) in [5.41, 5.74) is 3.42. The van der Waals surface area contributed by atoms with Crippen molar-refractivity contribution in [3.8, 4) is 0 Å². The molecule has 1 saturated heterocycles. The van der Waals surface area contributed by atoms with Gasteiger partial charge in [0.1, 0.15) is 0 Å². The van der Waals surface area contributed by atoms with Gasteiger partial charge in [-0.2, -0.15) is 0 Å². The molecule has 4 nitrogen and oxygen atoms in total. The third-order valence-electron chi connectivity index (χ3n) is 6.98. The first-order valence-electron chi connectivity index (χ1n) is 11.7. The standard InChI is InChI=1S/C25H41N3O.ClH/c1-5-14-26-24(29)19-27-15-17-28(18-16-27)23-9-7-6-8-22(23)20-10-12-21(13-11-20)25(2,3)4;/h6-9,20-21H,5,10-19H2,1-4H3,(H,26,29);1H. The maximum Gasteiger partial charge on any atom is 0.234 e. The Labute approximate surface area is 190 Å². The molecule has 3 rings (SSSR count). The molecule has 0 radical (unpaired) electrons. The summed E-state index contributed by atoms with van der Waals surface area (Å²) < 4.78 is 0. The summed E-state index contributed by atoms with van der Waals surface area (Å²) in [7, 11) is 0. The van der Waals surface area contributed by atoms with Gasteiger partial charge in [-0.05, 0) is 61.0 Å². The van der Waals surface area contributed by atoms with Crippen LogP contribution in [0.4, 0.5) is 5.69 Å². The van der Waals surface area contributed by atoms with Crippen LogP contribution in [-0.2, 0) is 4.79 Å². The van der Waals surface area contributed by atoms with E-state index in [4.69, 9.17) is 0 Å². The molecule has 1 amide bonds. The van der Waals surface area contributed by atoms with Crippen LogP contribution < -0.4 is 10.2 Å². The maximum atomic E-state index is 12.0. The number of nitrogens with one attached hydrogen (secondary N) is 1. The van der Waals surface area contributed by atoms with E-state index in [1.165, 1.54) is 31.4 Å². The van der Waals surface area contributed by atoms with Crippen molar-refractivity contribution in [3.63, 3.8) is 0 Å². The van der Waals surface area contributed by atoms with Gasteiger partial charge in [-0.15, -0.1) is 12.4 Å². The normalized spacial score (nSPS) is 23.0. The predicted molar refractivity (Wildman–Crippen MR) is 130 cm³/mol. The minimum Gasteiger partial charge on any atom is -0.369 e. The van der Waals surface area contributed by atoms with Gasteiger partial charge in [0.05, 0.1) is 6.54 Å². The average Bonchev–Trinajstić information content (AvgIpc) is 2.72. The van der Waals surface area contributed by atoms with Gasteiger partial charge in [-0.1, -0.05) is 45.9 Å². The zero-order chi connectivity index (χ0) is 20.9. The first kappa shape index (κ1) is 25.0. The number of hydrogen-bond acceptors (Lipinski definition) is 3. The van der Waals surface area contributed by atoms with Crippen molar-refractivity contribution in [1.29, 1.82) is 0 Å². The number of benzene rings is 1. The summed E-state index contributed by atoms with van der Waals surface area (Å²) in [4.78, 5) is 16.9. The van der Waals surface area contributed by atoms with Crippen molar-refractivity contribution in [2.24, 2.45) is 11.3 Å². The lowest BCUT2D eigenvalue weighted by Crippen LogP contribution is -2.49. The van der Waals surface area contributed by atoms with Gasteiger partial charge in [0, 0.05) is 38.4 Å². The van der Waals surface area contributed by atoms with E-state index >= 15 is 0 Å². The van der Waals surface area contributed by atoms with Crippen LogP contribution in [0, 0.1) is 11.3 Å². The number of anilines is 1. The van der Waals surface area contributed by atoms with Crippen LogP contribution in [-0.4, -0.2) is 50.1 Å². The van der Waals surface area contributed by atoms with Crippen molar-refractivity contribution >= 4 is 24.0 Å². The van der Waals surface area contributed by atoms with E-state index in [0.717, 1.165) is 45.1 Å². The zero-order valence-electron chi connectivity index (χ0n) is 19.5. The van der Waals surface area contributed by atoms with E-state index in [2.05, 4.69) is 67.1 Å². The number of piperazine rings is 1. The lowest BCUT2D eigenvalue weighted by Gasteiger charge is -2.40. The number of para-hydroxylation sites is 1. The Morgan fingerprint density at radius 1 is 1.03 bits per heavy atom. The molecule has 1 heterocycles. The SMILES string of the molecule is CCCNC(=O)CN1CCN(c2ccccc2C2CCC(C(C)(C)C)CC2)CC1.Cl. The molecule has 2 aliphatic rings. The molecular formula is C25H42ClN3O. The average molecular weight is 436 g/mol. The molecule has 1 N–H and O–H groups in total.